The van der Waals surface area contributed by atoms with Gasteiger partial charge in [-0.1, -0.05) is 31.4 Å². The standard InChI is InChI=1S/C19H29NO3/c1-19(2,18(22)23-3)17(15-7-5-4-6-8-15)20-13-14-9-11-16(21)12-10-14/h9-12,15,17,20-21H,4-8,13H2,1-3H3. The first-order valence-corrected chi connectivity index (χ1v) is 8.55. The second kappa shape index (κ2) is 7.82. The molecule has 1 aliphatic rings. The molecule has 0 aromatic heterocycles. The van der Waals surface area contributed by atoms with Gasteiger partial charge in [0.1, 0.15) is 5.75 Å². The van der Waals surface area contributed by atoms with Crippen molar-refractivity contribution in [1.82, 2.24) is 5.32 Å². The highest BCUT2D eigenvalue weighted by Crippen LogP contribution is 2.36. The second-order valence-electron chi connectivity index (χ2n) is 7.14. The number of phenolic OH excluding ortho intramolecular Hbond substituents is 1. The molecule has 4 heteroatoms. The van der Waals surface area contributed by atoms with Gasteiger partial charge in [-0.15, -0.1) is 0 Å². The first-order valence-electron chi connectivity index (χ1n) is 8.55. The monoisotopic (exact) mass is 319 g/mol. The molecular formula is C19H29NO3. The lowest BCUT2D eigenvalue weighted by Crippen LogP contribution is -2.51. The Morgan fingerprint density at radius 3 is 2.43 bits per heavy atom. The molecule has 1 fully saturated rings. The molecule has 0 heterocycles. The van der Waals surface area contributed by atoms with Crippen molar-refractivity contribution >= 4 is 5.97 Å². The molecule has 4 nitrogen and oxygen atoms in total. The first kappa shape index (κ1) is 17.8. The maximum absolute atomic E-state index is 12.3. The number of phenols is 1. The molecular weight excluding hydrogens is 290 g/mol. The van der Waals surface area contributed by atoms with Gasteiger partial charge in [-0.3, -0.25) is 4.79 Å². The largest absolute Gasteiger partial charge is 0.508 e. The third-order valence-corrected chi connectivity index (χ3v) is 5.07. The number of hydrogen-bond donors (Lipinski definition) is 2. The van der Waals surface area contributed by atoms with E-state index < -0.39 is 5.41 Å². The summed E-state index contributed by atoms with van der Waals surface area (Å²) in [6.45, 7) is 4.63. The van der Waals surface area contributed by atoms with E-state index in [2.05, 4.69) is 5.32 Å². The third kappa shape index (κ3) is 4.47. The van der Waals surface area contributed by atoms with E-state index in [0.29, 0.717) is 12.5 Å². The summed E-state index contributed by atoms with van der Waals surface area (Å²) in [6, 6.07) is 7.29. The van der Waals surface area contributed by atoms with Gasteiger partial charge < -0.3 is 15.2 Å². The molecule has 23 heavy (non-hydrogen) atoms. The Hall–Kier alpha value is -1.55. The highest BCUT2D eigenvalue weighted by molar-refractivity contribution is 5.76. The topological polar surface area (TPSA) is 58.6 Å². The van der Waals surface area contributed by atoms with Crippen LogP contribution in [0.25, 0.3) is 0 Å². The van der Waals surface area contributed by atoms with Gasteiger partial charge in [-0.25, -0.2) is 0 Å². The summed E-state index contributed by atoms with van der Waals surface area (Å²) in [5.41, 5.74) is 0.539. The van der Waals surface area contributed by atoms with Gasteiger partial charge in [-0.2, -0.15) is 0 Å². The Morgan fingerprint density at radius 2 is 1.87 bits per heavy atom. The summed E-state index contributed by atoms with van der Waals surface area (Å²) < 4.78 is 5.04. The minimum Gasteiger partial charge on any atom is -0.508 e. The smallest absolute Gasteiger partial charge is 0.312 e. The molecule has 0 radical (unpaired) electrons. The predicted molar refractivity (Wildman–Crippen MR) is 91.1 cm³/mol. The minimum absolute atomic E-state index is 0.0871. The van der Waals surface area contributed by atoms with Crippen LogP contribution in [-0.4, -0.2) is 24.2 Å². The Bertz CT molecular complexity index is 504. The normalized spacial score (nSPS) is 17.7. The molecule has 128 valence electrons. The second-order valence-corrected chi connectivity index (χ2v) is 7.14. The van der Waals surface area contributed by atoms with Gasteiger partial charge >= 0.3 is 5.97 Å². The van der Waals surface area contributed by atoms with Crippen LogP contribution in [0, 0.1) is 11.3 Å². The van der Waals surface area contributed by atoms with Crippen molar-refractivity contribution in [3.63, 3.8) is 0 Å². The Kier molecular flexibility index (Phi) is 6.05. The first-order chi connectivity index (χ1) is 10.9. The molecule has 1 aromatic carbocycles. The quantitative estimate of drug-likeness (QED) is 0.786. The fourth-order valence-corrected chi connectivity index (χ4v) is 3.71. The summed E-state index contributed by atoms with van der Waals surface area (Å²) in [6.07, 6.45) is 6.08. The minimum atomic E-state index is -0.562. The molecule has 1 atom stereocenters. The number of ether oxygens (including phenoxy) is 1. The highest BCUT2D eigenvalue weighted by atomic mass is 16.5. The molecule has 2 N–H and O–H groups in total. The average molecular weight is 319 g/mol. The van der Waals surface area contributed by atoms with Gasteiger partial charge in [0.2, 0.25) is 0 Å². The van der Waals surface area contributed by atoms with E-state index in [1.165, 1.54) is 26.4 Å². The SMILES string of the molecule is COC(=O)C(C)(C)C(NCc1ccc(O)cc1)C1CCCCC1. The van der Waals surface area contributed by atoms with Gasteiger partial charge in [0, 0.05) is 12.6 Å². The lowest BCUT2D eigenvalue weighted by molar-refractivity contribution is -0.153. The van der Waals surface area contributed by atoms with Crippen LogP contribution >= 0.6 is 0 Å². The molecule has 1 saturated carbocycles. The van der Waals surface area contributed by atoms with Crippen LogP contribution < -0.4 is 5.32 Å². The average Bonchev–Trinajstić information content (AvgIpc) is 2.56. The number of carbonyl (C=O) groups excluding carboxylic acids is 1. The van der Waals surface area contributed by atoms with Crippen LogP contribution in [0.2, 0.25) is 0 Å². The predicted octanol–water partition coefficient (Wildman–Crippen LogP) is 3.63. The lowest BCUT2D eigenvalue weighted by Gasteiger charge is -2.40. The summed E-state index contributed by atoms with van der Waals surface area (Å²) in [5, 5.41) is 13.0. The van der Waals surface area contributed by atoms with Crippen LogP contribution in [-0.2, 0) is 16.1 Å². The number of benzene rings is 1. The Labute approximate surface area is 139 Å². The molecule has 1 aliphatic carbocycles. The number of nitrogens with one attached hydrogen (secondary N) is 1. The van der Waals surface area contributed by atoms with Gasteiger partial charge in [-0.05, 0) is 50.3 Å². The number of rotatable bonds is 6. The van der Waals surface area contributed by atoms with Gasteiger partial charge in [0.15, 0.2) is 0 Å². The molecule has 1 aromatic rings. The van der Waals surface area contributed by atoms with E-state index in [4.69, 9.17) is 4.74 Å². The van der Waals surface area contributed by atoms with Crippen molar-refractivity contribution in [1.29, 1.82) is 0 Å². The number of aromatic hydroxyl groups is 1. The molecule has 2 rings (SSSR count). The van der Waals surface area contributed by atoms with Gasteiger partial charge in [0.05, 0.1) is 12.5 Å². The molecule has 0 saturated heterocycles. The van der Waals surface area contributed by atoms with Gasteiger partial charge in [0.25, 0.3) is 0 Å². The zero-order valence-electron chi connectivity index (χ0n) is 14.5. The van der Waals surface area contributed by atoms with Crippen molar-refractivity contribution < 1.29 is 14.6 Å². The Balaban J connectivity index is 2.12. The zero-order valence-corrected chi connectivity index (χ0v) is 14.5. The van der Waals surface area contributed by atoms with E-state index in [1.807, 2.05) is 26.0 Å². The van der Waals surface area contributed by atoms with E-state index >= 15 is 0 Å². The van der Waals surface area contributed by atoms with Crippen molar-refractivity contribution in [2.75, 3.05) is 7.11 Å². The highest BCUT2D eigenvalue weighted by Gasteiger charge is 2.42. The van der Waals surface area contributed by atoms with E-state index in [-0.39, 0.29) is 17.8 Å². The van der Waals surface area contributed by atoms with Crippen LogP contribution in [0.4, 0.5) is 0 Å². The van der Waals surface area contributed by atoms with Crippen LogP contribution in [0.3, 0.4) is 0 Å². The van der Waals surface area contributed by atoms with E-state index in [1.54, 1.807) is 12.1 Å². The fraction of sp³-hybridized carbons (Fsp3) is 0.632. The summed E-state index contributed by atoms with van der Waals surface area (Å²) >= 11 is 0. The van der Waals surface area contributed by atoms with E-state index in [0.717, 1.165) is 18.4 Å². The van der Waals surface area contributed by atoms with E-state index in [9.17, 15) is 9.90 Å². The lowest BCUT2D eigenvalue weighted by atomic mass is 9.72. The summed E-state index contributed by atoms with van der Waals surface area (Å²) in [7, 11) is 1.46. The van der Waals surface area contributed by atoms with Crippen LogP contribution in [0.5, 0.6) is 5.75 Å². The zero-order chi connectivity index (χ0) is 16.9. The molecule has 0 spiro atoms. The molecule has 0 aliphatic heterocycles. The Morgan fingerprint density at radius 1 is 1.26 bits per heavy atom. The van der Waals surface area contributed by atoms with Crippen molar-refractivity contribution in [3.8, 4) is 5.75 Å². The van der Waals surface area contributed by atoms with Crippen LogP contribution in [0.15, 0.2) is 24.3 Å². The maximum atomic E-state index is 12.3. The maximum Gasteiger partial charge on any atom is 0.312 e. The summed E-state index contributed by atoms with van der Waals surface area (Å²) in [5.74, 6) is 0.605. The van der Waals surface area contributed by atoms with Crippen LogP contribution in [0.1, 0.15) is 51.5 Å². The summed E-state index contributed by atoms with van der Waals surface area (Å²) in [4.78, 5) is 12.3. The van der Waals surface area contributed by atoms with Crippen molar-refractivity contribution in [2.24, 2.45) is 11.3 Å². The fourth-order valence-electron chi connectivity index (χ4n) is 3.71. The number of methoxy groups -OCH3 is 1. The number of carbonyl (C=O) groups is 1. The third-order valence-electron chi connectivity index (χ3n) is 5.07. The number of hydrogen-bond acceptors (Lipinski definition) is 4. The molecule has 1 unspecified atom stereocenters. The molecule has 0 bridgehead atoms. The van der Waals surface area contributed by atoms with Crippen molar-refractivity contribution in [3.05, 3.63) is 29.8 Å². The number of esters is 1. The van der Waals surface area contributed by atoms with Crippen molar-refractivity contribution in [2.45, 2.75) is 58.5 Å². The molecule has 0 amide bonds.